The van der Waals surface area contributed by atoms with Crippen LogP contribution in [-0.2, 0) is 33.3 Å². The van der Waals surface area contributed by atoms with Crippen LogP contribution in [0.15, 0.2) is 87.1 Å². The number of carbonyl (C=O) groups excluding carboxylic acids is 3. The van der Waals surface area contributed by atoms with Crippen LogP contribution in [0.4, 0.5) is 37.7 Å². The molecular formula is C30H18BrF6N3O4S2. The molecular weight excluding hydrogens is 724 g/mol. The Kier molecular flexibility index (Phi) is 8.17. The van der Waals surface area contributed by atoms with E-state index in [9.17, 15) is 45.5 Å². The molecule has 1 aromatic heterocycles. The zero-order valence-corrected chi connectivity index (χ0v) is 26.1. The van der Waals surface area contributed by atoms with Crippen molar-refractivity contribution in [1.82, 2.24) is 4.57 Å². The molecule has 0 spiro atoms. The van der Waals surface area contributed by atoms with Gasteiger partial charge in [-0.3, -0.25) is 23.7 Å². The largest absolute Gasteiger partial charge is 0.418 e. The van der Waals surface area contributed by atoms with Gasteiger partial charge >= 0.3 is 17.2 Å². The number of nitrogens with zero attached hydrogens (tertiary/aromatic N) is 2. The summed E-state index contributed by atoms with van der Waals surface area (Å²) in [5.41, 5.74) is -2.38. The molecule has 0 aliphatic carbocycles. The van der Waals surface area contributed by atoms with Gasteiger partial charge in [0.15, 0.2) is 0 Å². The van der Waals surface area contributed by atoms with Crippen molar-refractivity contribution < 1.29 is 40.7 Å². The fourth-order valence-electron chi connectivity index (χ4n) is 5.53. The summed E-state index contributed by atoms with van der Waals surface area (Å²) < 4.78 is 82.7. The first-order valence-corrected chi connectivity index (χ1v) is 15.8. The Morgan fingerprint density at radius 3 is 2.24 bits per heavy atom. The molecule has 3 aromatic carbocycles. The number of hydrogen-bond acceptors (Lipinski definition) is 6. The molecule has 0 bridgehead atoms. The number of amides is 3. The Morgan fingerprint density at radius 2 is 1.57 bits per heavy atom. The summed E-state index contributed by atoms with van der Waals surface area (Å²) in [6.45, 7) is -0.701. The van der Waals surface area contributed by atoms with E-state index >= 15 is 0 Å². The molecule has 3 atom stereocenters. The quantitative estimate of drug-likeness (QED) is 0.174. The maximum Gasteiger partial charge on any atom is 0.418 e. The van der Waals surface area contributed by atoms with E-state index in [4.69, 9.17) is 0 Å². The fraction of sp³-hybridized carbons (Fsp3) is 0.200. The normalized spacial score (nSPS) is 19.6. The number of rotatable bonds is 5. The lowest BCUT2D eigenvalue weighted by atomic mass is 9.83. The lowest BCUT2D eigenvalue weighted by molar-refractivity contribution is -0.138. The monoisotopic (exact) mass is 741 g/mol. The number of fused-ring (bicyclic) bond motifs is 2. The first-order valence-electron chi connectivity index (χ1n) is 13.3. The number of thioether (sulfide) groups is 1. The summed E-state index contributed by atoms with van der Waals surface area (Å²) >= 11 is 4.88. The van der Waals surface area contributed by atoms with E-state index in [0.717, 1.165) is 58.0 Å². The predicted molar refractivity (Wildman–Crippen MR) is 162 cm³/mol. The molecule has 1 fully saturated rings. The molecule has 0 saturated carbocycles. The Hall–Kier alpha value is -3.89. The van der Waals surface area contributed by atoms with Gasteiger partial charge in [-0.15, -0.1) is 0 Å². The van der Waals surface area contributed by atoms with Crippen LogP contribution in [0.1, 0.15) is 27.5 Å². The number of thiazole rings is 1. The second-order valence-electron chi connectivity index (χ2n) is 10.4. The fourth-order valence-corrected chi connectivity index (χ4v) is 8.57. The summed E-state index contributed by atoms with van der Waals surface area (Å²) in [6, 6.07) is 14.9. The van der Waals surface area contributed by atoms with Gasteiger partial charge in [0.05, 0.1) is 33.4 Å². The SMILES string of the molecule is O=C(Cn1c2c(sc1=O)[C@@H](c1ccc(Br)cc1)[C@@H]1C(=O)N(c3cccc(C(F)(F)F)c3)C(=O)[C@@H]1S2)Nc1ccccc1C(F)(F)F. The Bertz CT molecular complexity index is 1940. The Labute approximate surface area is 272 Å². The second kappa shape index (κ2) is 11.7. The van der Waals surface area contributed by atoms with Crippen molar-refractivity contribution in [3.63, 3.8) is 0 Å². The smallest absolute Gasteiger partial charge is 0.324 e. The molecule has 238 valence electrons. The number of benzene rings is 3. The van der Waals surface area contributed by atoms with Crippen LogP contribution in [0.2, 0.25) is 0 Å². The topological polar surface area (TPSA) is 88.5 Å². The van der Waals surface area contributed by atoms with Crippen molar-refractivity contribution in [3.05, 3.63) is 109 Å². The van der Waals surface area contributed by atoms with E-state index < -0.39 is 75.4 Å². The minimum atomic E-state index is -4.76. The van der Waals surface area contributed by atoms with Gasteiger partial charge < -0.3 is 5.32 Å². The number of halogens is 7. The van der Waals surface area contributed by atoms with Crippen LogP contribution in [0, 0.1) is 5.92 Å². The van der Waals surface area contributed by atoms with Gasteiger partial charge in [0.2, 0.25) is 17.7 Å². The average molecular weight is 743 g/mol. The van der Waals surface area contributed by atoms with Crippen LogP contribution >= 0.6 is 39.0 Å². The molecule has 6 rings (SSSR count). The minimum Gasteiger partial charge on any atom is -0.324 e. The number of hydrogen-bond donors (Lipinski definition) is 1. The van der Waals surface area contributed by atoms with Gasteiger partial charge in [0, 0.05) is 15.3 Å². The lowest BCUT2D eigenvalue weighted by Crippen LogP contribution is -2.33. The highest BCUT2D eigenvalue weighted by Crippen LogP contribution is 2.54. The predicted octanol–water partition coefficient (Wildman–Crippen LogP) is 7.14. The summed E-state index contributed by atoms with van der Waals surface area (Å²) in [5, 5.41) is 1.18. The number of anilines is 2. The van der Waals surface area contributed by atoms with Gasteiger partial charge in [-0.05, 0) is 48.0 Å². The maximum atomic E-state index is 13.9. The summed E-state index contributed by atoms with van der Waals surface area (Å²) in [4.78, 5) is 54.4. The number of para-hydroxylation sites is 1. The Morgan fingerprint density at radius 1 is 0.870 bits per heavy atom. The molecule has 1 N–H and O–H groups in total. The molecule has 16 heteroatoms. The van der Waals surface area contributed by atoms with Crippen LogP contribution < -0.4 is 15.1 Å². The summed E-state index contributed by atoms with van der Waals surface area (Å²) in [5.74, 6) is -4.51. The van der Waals surface area contributed by atoms with Crippen molar-refractivity contribution in [2.75, 3.05) is 10.2 Å². The standard InChI is InChI=1S/C30H18BrF6N3O4S2/c31-16-10-8-14(9-11-16)21-22-23(26(43)40(25(22)42)17-5-3-4-15(12-17)29(32,33)34)45-27-24(21)46-28(44)39(27)13-20(41)38-19-7-2-1-6-18(19)30(35,36)37/h1-12,21-23H,13H2,(H,38,41)/t21-,22-,23+/m0/s1. The minimum absolute atomic E-state index is 0.162. The molecule has 1 saturated heterocycles. The van der Waals surface area contributed by atoms with E-state index in [0.29, 0.717) is 25.9 Å². The third-order valence-electron chi connectivity index (χ3n) is 7.52. The first-order chi connectivity index (χ1) is 21.6. The Balaban J connectivity index is 1.40. The van der Waals surface area contributed by atoms with Crippen molar-refractivity contribution in [2.45, 2.75) is 35.1 Å². The number of nitrogens with one attached hydrogen (secondary N) is 1. The van der Waals surface area contributed by atoms with Crippen molar-refractivity contribution in [3.8, 4) is 0 Å². The second-order valence-corrected chi connectivity index (χ2v) is 13.4. The highest BCUT2D eigenvalue weighted by atomic mass is 79.9. The zero-order valence-electron chi connectivity index (χ0n) is 22.9. The van der Waals surface area contributed by atoms with Crippen molar-refractivity contribution >= 4 is 68.1 Å². The molecule has 4 aromatic rings. The molecule has 3 amide bonds. The summed E-state index contributed by atoms with van der Waals surface area (Å²) in [6.07, 6.45) is -9.49. The van der Waals surface area contributed by atoms with Crippen LogP contribution in [0.25, 0.3) is 0 Å². The zero-order chi connectivity index (χ0) is 33.1. The molecule has 2 aliphatic rings. The van der Waals surface area contributed by atoms with Crippen LogP contribution in [0.5, 0.6) is 0 Å². The number of alkyl halides is 6. The number of aromatic nitrogens is 1. The van der Waals surface area contributed by atoms with E-state index in [1.54, 1.807) is 24.3 Å². The van der Waals surface area contributed by atoms with Crippen LogP contribution in [-0.4, -0.2) is 27.5 Å². The average Bonchev–Trinajstić information content (AvgIpc) is 3.43. The molecule has 46 heavy (non-hydrogen) atoms. The molecule has 7 nitrogen and oxygen atoms in total. The van der Waals surface area contributed by atoms with Gasteiger partial charge in [-0.1, -0.05) is 69.4 Å². The first kappa shape index (κ1) is 32.1. The van der Waals surface area contributed by atoms with E-state index in [1.807, 2.05) is 0 Å². The van der Waals surface area contributed by atoms with Gasteiger partial charge in [-0.25, -0.2) is 4.90 Å². The van der Waals surface area contributed by atoms with E-state index in [2.05, 4.69) is 21.2 Å². The number of imide groups is 1. The van der Waals surface area contributed by atoms with E-state index in [1.165, 1.54) is 12.1 Å². The van der Waals surface area contributed by atoms with Crippen LogP contribution in [0.3, 0.4) is 0 Å². The van der Waals surface area contributed by atoms with E-state index in [-0.39, 0.29) is 10.7 Å². The molecule has 0 unspecified atom stereocenters. The molecule has 2 aliphatic heterocycles. The third-order valence-corrected chi connectivity index (χ3v) is 10.7. The summed E-state index contributed by atoms with van der Waals surface area (Å²) in [7, 11) is 0. The lowest BCUT2D eigenvalue weighted by Gasteiger charge is -2.30. The maximum absolute atomic E-state index is 13.9. The molecule has 0 radical (unpaired) electrons. The molecule has 3 heterocycles. The highest BCUT2D eigenvalue weighted by molar-refractivity contribution is 9.10. The number of carbonyl (C=O) groups is 3. The van der Waals surface area contributed by atoms with Crippen molar-refractivity contribution in [1.29, 1.82) is 0 Å². The van der Waals surface area contributed by atoms with Gasteiger partial charge in [0.25, 0.3) is 0 Å². The van der Waals surface area contributed by atoms with Crippen molar-refractivity contribution in [2.24, 2.45) is 5.92 Å². The van der Waals surface area contributed by atoms with Gasteiger partial charge in [-0.2, -0.15) is 26.3 Å². The van der Waals surface area contributed by atoms with Gasteiger partial charge in [0.1, 0.15) is 11.8 Å². The third kappa shape index (κ3) is 5.77. The highest BCUT2D eigenvalue weighted by Gasteiger charge is 2.57.